The summed E-state index contributed by atoms with van der Waals surface area (Å²) in [6.07, 6.45) is 0. The molecule has 1 atom stereocenters. The van der Waals surface area contributed by atoms with Crippen LogP contribution in [0.5, 0.6) is 0 Å². The van der Waals surface area contributed by atoms with Crippen molar-refractivity contribution in [3.05, 3.63) is 93.4 Å². The van der Waals surface area contributed by atoms with Crippen LogP contribution in [-0.4, -0.2) is 0 Å². The van der Waals surface area contributed by atoms with Crippen LogP contribution in [-0.2, 0) is 57.1 Å². The molecule has 8 heteroatoms. The largest absolute Gasteiger partial charge is 0 e. The molecule has 0 saturated carbocycles. The third-order valence-electron chi connectivity index (χ3n) is 1.63. The summed E-state index contributed by atoms with van der Waals surface area (Å²) in [7, 11) is 2.63. The molecule has 0 fully saturated rings. The summed E-state index contributed by atoms with van der Waals surface area (Å²) in [5, 5.41) is 1.24. The Kier molecular flexibility index (Phi) is 99.8. The van der Waals surface area contributed by atoms with Crippen LogP contribution in [0.1, 0.15) is 5.56 Å². The van der Waals surface area contributed by atoms with E-state index in [0.29, 0.717) is 0 Å². The van der Waals surface area contributed by atoms with Crippen molar-refractivity contribution >= 4 is 14.5 Å². The van der Waals surface area contributed by atoms with Gasteiger partial charge in [-0.25, -0.2) is 11.6 Å². The minimum Gasteiger partial charge on any atom is 0 e. The van der Waals surface area contributed by atoms with E-state index in [2.05, 4.69) is 61.5 Å². The summed E-state index contributed by atoms with van der Waals surface area (Å²) in [5.74, 6) is 0. The van der Waals surface area contributed by atoms with E-state index in [-0.39, 0.29) is 33.8 Å². The van der Waals surface area contributed by atoms with E-state index in [0.717, 1.165) is 0 Å². The fraction of sp³-hybridized carbons (Fsp3) is 0.0588. The van der Waals surface area contributed by atoms with Gasteiger partial charge in [0.2, 0.25) is 0 Å². The monoisotopic (exact) mass is 443 g/mol. The topological polar surface area (TPSA) is 99.5 Å². The van der Waals surface area contributed by atoms with Gasteiger partial charge >= 0.3 is 56.5 Å². The van der Waals surface area contributed by atoms with Gasteiger partial charge in [-0.3, -0.25) is 0 Å². The Morgan fingerprint density at radius 3 is 1.24 bits per heavy atom. The van der Waals surface area contributed by atoms with Crippen molar-refractivity contribution in [2.24, 2.45) is 0 Å². The van der Waals surface area contributed by atoms with Crippen molar-refractivity contribution in [2.75, 3.05) is 0 Å². The molecule has 0 bridgehead atoms. The van der Waals surface area contributed by atoms with Crippen molar-refractivity contribution in [3.63, 3.8) is 0 Å². The molecule has 2 aromatic rings. The first-order valence-electron chi connectivity index (χ1n) is 5.30. The molecule has 0 N–H and O–H groups in total. The van der Waals surface area contributed by atoms with Crippen molar-refractivity contribution in [1.29, 1.82) is 0 Å². The molecule has 134 valence electrons. The Balaban J connectivity index is -0.0000000332. The van der Waals surface area contributed by atoms with E-state index in [4.69, 9.17) is 23.3 Å². The maximum Gasteiger partial charge on any atom is 0 e. The number of rotatable bonds is 0. The van der Waals surface area contributed by atoms with E-state index >= 15 is 0 Å². The summed E-state index contributed by atoms with van der Waals surface area (Å²) >= 11 is 0. The third-order valence-corrected chi connectivity index (χ3v) is 2.01. The summed E-state index contributed by atoms with van der Waals surface area (Å²) in [5.41, 5.74) is 1.34. The van der Waals surface area contributed by atoms with Crippen molar-refractivity contribution in [2.45, 2.75) is 6.92 Å². The summed E-state index contributed by atoms with van der Waals surface area (Å²) in [4.78, 5) is 0. The molecular weight excluding hydrogens is 429 g/mol. The molecule has 0 spiro atoms. The van der Waals surface area contributed by atoms with Crippen LogP contribution in [0.2, 0.25) is 0 Å². The van der Waals surface area contributed by atoms with E-state index < -0.39 is 0 Å². The standard InChI is InChI=1S/C6H7P.C6H7.5CO.Co.Mn/c7-6-4-2-1-3-5-6;1-6-4-2-3-5-6;5*1-2;;/h1-5H,7H2;2-5H,1H3;;;;;;;/q;-1;;;;;;;. The van der Waals surface area contributed by atoms with Gasteiger partial charge < -0.3 is 0 Å². The third kappa shape index (κ3) is 51.8. The zero-order valence-corrected chi connectivity index (χ0v) is 16.4. The van der Waals surface area contributed by atoms with Crippen LogP contribution in [0.25, 0.3) is 0 Å². The van der Waals surface area contributed by atoms with Gasteiger partial charge in [0.15, 0.2) is 0 Å². The second kappa shape index (κ2) is 56.9. The van der Waals surface area contributed by atoms with Gasteiger partial charge in [0.25, 0.3) is 0 Å². The predicted octanol–water partition coefficient (Wildman–Crippen LogP) is 2.71. The van der Waals surface area contributed by atoms with Crippen molar-refractivity contribution in [3.8, 4) is 0 Å². The van der Waals surface area contributed by atoms with E-state index in [1.54, 1.807) is 0 Å². The zero-order chi connectivity index (χ0) is 19.5. The Bertz CT molecular complexity index is 485. The molecule has 0 aliphatic heterocycles. The minimum absolute atomic E-state index is 0. The second-order valence-corrected chi connectivity index (χ2v) is 3.54. The molecule has 0 aliphatic carbocycles. The Labute approximate surface area is 171 Å². The minimum atomic E-state index is 0. The van der Waals surface area contributed by atoms with Gasteiger partial charge in [0.05, 0.1) is 0 Å². The first-order chi connectivity index (χ1) is 11.3. The van der Waals surface area contributed by atoms with Crippen LogP contribution < -0.4 is 5.30 Å². The number of benzene rings is 1. The molecular formula is C17H14CoMnO5P-. The maximum absolute atomic E-state index is 7.50. The molecule has 2 radical (unpaired) electrons. The van der Waals surface area contributed by atoms with Crippen LogP contribution in [0, 0.1) is 40.2 Å². The predicted molar refractivity (Wildman–Crippen MR) is 82.2 cm³/mol. The van der Waals surface area contributed by atoms with Crippen LogP contribution in [0.4, 0.5) is 0 Å². The maximum atomic E-state index is 7.50. The van der Waals surface area contributed by atoms with Gasteiger partial charge in [0, 0.05) is 33.8 Å². The summed E-state index contributed by atoms with van der Waals surface area (Å²) < 4.78 is 37.5. The number of aryl methyl sites for hydroxylation is 1. The first-order valence-corrected chi connectivity index (χ1v) is 5.87. The summed E-state index contributed by atoms with van der Waals surface area (Å²) in [6.45, 7) is 24.6. The molecule has 5 nitrogen and oxygen atoms in total. The molecule has 25 heavy (non-hydrogen) atoms. The quantitative estimate of drug-likeness (QED) is 0.259. The number of hydrogen-bond donors (Lipinski definition) is 0. The van der Waals surface area contributed by atoms with Crippen LogP contribution in [0.3, 0.4) is 0 Å². The number of hydrogen-bond acceptors (Lipinski definition) is 0. The van der Waals surface area contributed by atoms with Gasteiger partial charge in [-0.2, -0.15) is 18.2 Å². The normalized spacial score (nSPS) is 4.96. The fourth-order valence-corrected chi connectivity index (χ4v) is 1.15. The average Bonchev–Trinajstić information content (AvgIpc) is 3.16. The Morgan fingerprint density at radius 2 is 1.12 bits per heavy atom. The van der Waals surface area contributed by atoms with Crippen molar-refractivity contribution in [1.82, 2.24) is 0 Å². The van der Waals surface area contributed by atoms with E-state index in [1.165, 1.54) is 10.9 Å². The zero-order valence-electron chi connectivity index (χ0n) is 13.0. The Morgan fingerprint density at radius 1 is 0.760 bits per heavy atom. The fourth-order valence-electron chi connectivity index (χ4n) is 0.923. The molecule has 1 unspecified atom stereocenters. The van der Waals surface area contributed by atoms with Crippen LogP contribution in [0.15, 0.2) is 54.6 Å². The second-order valence-electron chi connectivity index (χ2n) is 2.87. The van der Waals surface area contributed by atoms with Crippen molar-refractivity contribution < 1.29 is 57.1 Å². The summed E-state index contributed by atoms with van der Waals surface area (Å²) in [6, 6.07) is 18.4. The smallest absolute Gasteiger partial charge is 0 e. The first kappa shape index (κ1) is 43.8. The molecule has 2 rings (SSSR count). The molecule has 2 aromatic carbocycles. The molecule has 0 aliphatic rings. The average molecular weight is 443 g/mol. The molecule has 0 heterocycles. The molecule has 0 aromatic heterocycles. The van der Waals surface area contributed by atoms with E-state index in [1.807, 2.05) is 42.5 Å². The van der Waals surface area contributed by atoms with Gasteiger partial charge in [-0.1, -0.05) is 37.3 Å². The van der Waals surface area contributed by atoms with Gasteiger partial charge in [-0.15, -0.1) is 9.24 Å². The molecule has 0 amide bonds. The Hall–Kier alpha value is -1.27. The van der Waals surface area contributed by atoms with Gasteiger partial charge in [0.1, 0.15) is 0 Å². The van der Waals surface area contributed by atoms with Crippen LogP contribution >= 0.6 is 9.24 Å². The van der Waals surface area contributed by atoms with E-state index in [9.17, 15) is 0 Å². The molecule has 0 saturated heterocycles. The SMILES string of the molecule is Cc1cc[cH-]c1.Pc1ccccc1.[C-]#[O+].[C-]#[O+].[C-]#[O+].[C-]#[O+].[C-]#[O+].[Co].[Mn]. The van der Waals surface area contributed by atoms with Gasteiger partial charge in [-0.05, 0) is 5.30 Å².